The standard InChI is InChI=1S/C23H26N4O2S/c1-17-19-9-5-6-10-20(19)30-22(17)23(29)25-24-21(28)11-12-26-13-15-27(16-14-26)18-7-3-2-4-8-18/h2-10H,11-16H2,1H3,(H,24,28)(H,25,29). The fourth-order valence-electron chi connectivity index (χ4n) is 3.76. The van der Waals surface area contributed by atoms with E-state index in [0.29, 0.717) is 17.8 Å². The summed E-state index contributed by atoms with van der Waals surface area (Å²) >= 11 is 1.44. The smallest absolute Gasteiger partial charge is 0.280 e. The number of hydrazine groups is 1. The number of anilines is 1. The molecule has 2 amide bonds. The highest BCUT2D eigenvalue weighted by molar-refractivity contribution is 7.21. The first-order valence-electron chi connectivity index (χ1n) is 10.2. The number of nitrogens with zero attached hydrogens (tertiary/aromatic N) is 2. The van der Waals surface area contributed by atoms with Crippen LogP contribution in [0.4, 0.5) is 5.69 Å². The number of carbonyl (C=O) groups is 2. The van der Waals surface area contributed by atoms with Gasteiger partial charge in [-0.15, -0.1) is 11.3 Å². The van der Waals surface area contributed by atoms with E-state index >= 15 is 0 Å². The number of fused-ring (bicyclic) bond motifs is 1. The monoisotopic (exact) mass is 422 g/mol. The molecule has 1 aliphatic heterocycles. The first-order chi connectivity index (χ1) is 14.6. The van der Waals surface area contributed by atoms with Crippen LogP contribution in [-0.2, 0) is 4.79 Å². The van der Waals surface area contributed by atoms with Crippen LogP contribution >= 0.6 is 11.3 Å². The Balaban J connectivity index is 1.21. The van der Waals surface area contributed by atoms with Gasteiger partial charge in [0.2, 0.25) is 5.91 Å². The summed E-state index contributed by atoms with van der Waals surface area (Å²) in [7, 11) is 0. The van der Waals surface area contributed by atoms with Crippen molar-refractivity contribution in [2.75, 3.05) is 37.6 Å². The first kappa shape index (κ1) is 20.4. The lowest BCUT2D eigenvalue weighted by Crippen LogP contribution is -2.48. The summed E-state index contributed by atoms with van der Waals surface area (Å²) in [4.78, 5) is 30.0. The number of thiophene rings is 1. The van der Waals surface area contributed by atoms with Gasteiger partial charge in [0.05, 0.1) is 4.88 Å². The van der Waals surface area contributed by atoms with Crippen LogP contribution in [0.5, 0.6) is 0 Å². The predicted octanol–water partition coefficient (Wildman–Crippen LogP) is 3.18. The number of carbonyl (C=O) groups excluding carboxylic acids is 2. The molecule has 2 N–H and O–H groups in total. The highest BCUT2D eigenvalue weighted by Gasteiger charge is 2.19. The van der Waals surface area contributed by atoms with Crippen LogP contribution < -0.4 is 15.8 Å². The molecule has 1 aromatic heterocycles. The van der Waals surface area contributed by atoms with E-state index in [9.17, 15) is 9.59 Å². The molecule has 0 spiro atoms. The van der Waals surface area contributed by atoms with Crippen molar-refractivity contribution in [1.82, 2.24) is 15.8 Å². The Morgan fingerprint density at radius 3 is 2.37 bits per heavy atom. The number of para-hydroxylation sites is 1. The third kappa shape index (κ3) is 4.63. The molecule has 4 rings (SSSR count). The normalized spacial score (nSPS) is 14.6. The zero-order chi connectivity index (χ0) is 20.9. The van der Waals surface area contributed by atoms with E-state index in [0.717, 1.165) is 41.8 Å². The second-order valence-electron chi connectivity index (χ2n) is 7.47. The van der Waals surface area contributed by atoms with Gasteiger partial charge in [0.1, 0.15) is 0 Å². The number of hydrogen-bond donors (Lipinski definition) is 2. The predicted molar refractivity (Wildman–Crippen MR) is 122 cm³/mol. The van der Waals surface area contributed by atoms with E-state index in [2.05, 4.69) is 44.9 Å². The molecule has 0 atom stereocenters. The molecule has 1 aliphatic rings. The molecule has 30 heavy (non-hydrogen) atoms. The van der Waals surface area contributed by atoms with Crippen molar-refractivity contribution in [2.45, 2.75) is 13.3 Å². The van der Waals surface area contributed by atoms with Crippen molar-refractivity contribution in [3.8, 4) is 0 Å². The molecule has 0 saturated carbocycles. The SMILES string of the molecule is Cc1c(C(=O)NNC(=O)CCN2CCN(c3ccccc3)CC2)sc2ccccc12. The van der Waals surface area contributed by atoms with Gasteiger partial charge < -0.3 is 4.90 Å². The molecule has 2 heterocycles. The molecular weight excluding hydrogens is 396 g/mol. The third-order valence-corrected chi connectivity index (χ3v) is 6.79. The van der Waals surface area contributed by atoms with Crippen LogP contribution in [0.3, 0.4) is 0 Å². The molecule has 1 saturated heterocycles. The number of amides is 2. The van der Waals surface area contributed by atoms with Gasteiger partial charge in [0.25, 0.3) is 5.91 Å². The van der Waals surface area contributed by atoms with Crippen molar-refractivity contribution in [1.29, 1.82) is 0 Å². The van der Waals surface area contributed by atoms with Gasteiger partial charge >= 0.3 is 0 Å². The topological polar surface area (TPSA) is 64.7 Å². The van der Waals surface area contributed by atoms with Crippen molar-refractivity contribution in [2.24, 2.45) is 0 Å². The second-order valence-corrected chi connectivity index (χ2v) is 8.52. The number of rotatable bonds is 5. The summed E-state index contributed by atoms with van der Waals surface area (Å²) in [6.45, 7) is 6.38. The number of aryl methyl sites for hydroxylation is 1. The van der Waals surface area contributed by atoms with Crippen LogP contribution in [0.1, 0.15) is 21.7 Å². The van der Waals surface area contributed by atoms with Crippen LogP contribution in [-0.4, -0.2) is 49.4 Å². The Morgan fingerprint density at radius 1 is 0.933 bits per heavy atom. The third-order valence-electron chi connectivity index (χ3n) is 5.51. The van der Waals surface area contributed by atoms with Gasteiger partial charge in [0.15, 0.2) is 0 Å². The average Bonchev–Trinajstić information content (AvgIpc) is 3.14. The van der Waals surface area contributed by atoms with Crippen LogP contribution in [0.25, 0.3) is 10.1 Å². The molecule has 0 bridgehead atoms. The van der Waals surface area contributed by atoms with Crippen molar-refractivity contribution < 1.29 is 9.59 Å². The maximum absolute atomic E-state index is 12.5. The van der Waals surface area contributed by atoms with Gasteiger partial charge in [-0.2, -0.15) is 0 Å². The van der Waals surface area contributed by atoms with Crippen LogP contribution in [0.2, 0.25) is 0 Å². The molecule has 7 heteroatoms. The fourth-order valence-corrected chi connectivity index (χ4v) is 4.87. The maximum Gasteiger partial charge on any atom is 0.280 e. The van der Waals surface area contributed by atoms with E-state index in [4.69, 9.17) is 0 Å². The second kappa shape index (κ2) is 9.28. The molecule has 6 nitrogen and oxygen atoms in total. The molecule has 1 fully saturated rings. The van der Waals surface area contributed by atoms with E-state index in [1.807, 2.05) is 37.3 Å². The lowest BCUT2D eigenvalue weighted by molar-refractivity contribution is -0.122. The molecule has 0 radical (unpaired) electrons. The van der Waals surface area contributed by atoms with E-state index in [1.165, 1.54) is 17.0 Å². The maximum atomic E-state index is 12.5. The Kier molecular flexibility index (Phi) is 6.30. The van der Waals surface area contributed by atoms with Crippen LogP contribution in [0.15, 0.2) is 54.6 Å². The van der Waals surface area contributed by atoms with E-state index < -0.39 is 0 Å². The zero-order valence-electron chi connectivity index (χ0n) is 17.1. The molecule has 3 aromatic rings. The Hall–Kier alpha value is -2.90. The fraction of sp³-hybridized carbons (Fsp3) is 0.304. The number of nitrogens with one attached hydrogen (secondary N) is 2. The minimum Gasteiger partial charge on any atom is -0.369 e. The molecule has 156 valence electrons. The highest BCUT2D eigenvalue weighted by atomic mass is 32.1. The van der Waals surface area contributed by atoms with Gasteiger partial charge in [-0.25, -0.2) is 0 Å². The van der Waals surface area contributed by atoms with Crippen molar-refractivity contribution in [3.05, 3.63) is 65.0 Å². The molecule has 0 aliphatic carbocycles. The average molecular weight is 423 g/mol. The van der Waals surface area contributed by atoms with Gasteiger partial charge in [-0.05, 0) is 36.1 Å². The minimum atomic E-state index is -0.265. The first-order valence-corrected chi connectivity index (χ1v) is 11.0. The highest BCUT2D eigenvalue weighted by Crippen LogP contribution is 2.30. The molecule has 0 unspecified atom stereocenters. The Labute approximate surface area is 180 Å². The lowest BCUT2D eigenvalue weighted by Gasteiger charge is -2.36. The van der Waals surface area contributed by atoms with E-state index in [-0.39, 0.29) is 11.8 Å². The lowest BCUT2D eigenvalue weighted by atomic mass is 10.1. The summed E-state index contributed by atoms with van der Waals surface area (Å²) in [5, 5.41) is 1.08. The van der Waals surface area contributed by atoms with Gasteiger partial charge in [-0.3, -0.25) is 25.3 Å². The summed E-state index contributed by atoms with van der Waals surface area (Å²) < 4.78 is 1.07. The summed E-state index contributed by atoms with van der Waals surface area (Å²) in [6, 6.07) is 18.3. The van der Waals surface area contributed by atoms with Crippen molar-refractivity contribution in [3.63, 3.8) is 0 Å². The zero-order valence-corrected chi connectivity index (χ0v) is 17.9. The Bertz CT molecular complexity index is 1030. The van der Waals surface area contributed by atoms with Gasteiger partial charge in [-0.1, -0.05) is 36.4 Å². The van der Waals surface area contributed by atoms with E-state index in [1.54, 1.807) is 0 Å². The Morgan fingerprint density at radius 2 is 1.63 bits per heavy atom. The quantitative estimate of drug-likeness (QED) is 0.620. The molecular formula is C23H26N4O2S. The largest absolute Gasteiger partial charge is 0.369 e. The summed E-state index contributed by atoms with van der Waals surface area (Å²) in [5.41, 5.74) is 7.31. The summed E-state index contributed by atoms with van der Waals surface area (Å²) in [6.07, 6.45) is 0.358. The molecule has 2 aromatic carbocycles. The van der Waals surface area contributed by atoms with Crippen molar-refractivity contribution >= 4 is 38.9 Å². The van der Waals surface area contributed by atoms with Gasteiger partial charge in [0, 0.05) is 49.5 Å². The minimum absolute atomic E-state index is 0.174. The van der Waals surface area contributed by atoms with Crippen LogP contribution in [0, 0.1) is 6.92 Å². The summed E-state index contributed by atoms with van der Waals surface area (Å²) in [5.74, 6) is -0.439. The number of benzene rings is 2. The number of hydrogen-bond acceptors (Lipinski definition) is 5. The number of piperazine rings is 1.